The summed E-state index contributed by atoms with van der Waals surface area (Å²) < 4.78 is 16.3. The second-order valence-electron chi connectivity index (χ2n) is 4.95. The Hall–Kier alpha value is -3.46. The van der Waals surface area contributed by atoms with E-state index in [2.05, 4.69) is 19.9 Å². The van der Waals surface area contributed by atoms with Crippen LogP contribution in [0, 0.1) is 0 Å². The summed E-state index contributed by atoms with van der Waals surface area (Å²) >= 11 is 0. The van der Waals surface area contributed by atoms with Crippen LogP contribution in [-0.2, 0) is 0 Å². The van der Waals surface area contributed by atoms with Gasteiger partial charge in [-0.1, -0.05) is 12.1 Å². The number of methoxy groups -OCH3 is 1. The van der Waals surface area contributed by atoms with Crippen LogP contribution >= 0.6 is 0 Å². The predicted octanol–water partition coefficient (Wildman–Crippen LogP) is 1.40. The number of H-pyrrole nitrogens is 1. The number of aliphatic hydroxyl groups excluding tert-OH is 1. The highest BCUT2D eigenvalue weighted by atomic mass is 16.5. The van der Waals surface area contributed by atoms with Crippen LogP contribution in [0.4, 0.5) is 0 Å². The number of rotatable bonds is 7. The number of aromatic nitrogens is 4. The molecule has 0 amide bonds. The van der Waals surface area contributed by atoms with Crippen LogP contribution in [0.25, 0.3) is 11.6 Å². The average Bonchev–Trinajstić information content (AvgIpc) is 2.69. The molecule has 0 aliphatic rings. The van der Waals surface area contributed by atoms with Crippen molar-refractivity contribution in [1.29, 1.82) is 0 Å². The van der Waals surface area contributed by atoms with Gasteiger partial charge in [-0.2, -0.15) is 4.98 Å². The highest BCUT2D eigenvalue weighted by molar-refractivity contribution is 5.49. The standard InChI is InChI=1S/C17H16N4O5/c1-24-11-5-2-3-6-12(11)26-13-16(23)20-15(14-18-7-4-8-19-14)21-17(13)25-10-9-22/h2-8,22H,9-10H2,1H3,(H,20,21,23). The number of hydrogen-bond acceptors (Lipinski definition) is 8. The lowest BCUT2D eigenvalue weighted by molar-refractivity contribution is 0.192. The van der Waals surface area contributed by atoms with Crippen LogP contribution < -0.4 is 19.8 Å². The van der Waals surface area contributed by atoms with Crippen molar-refractivity contribution in [3.05, 3.63) is 53.1 Å². The highest BCUT2D eigenvalue weighted by Gasteiger charge is 2.19. The molecule has 2 heterocycles. The SMILES string of the molecule is COc1ccccc1Oc1c(OCCO)nc(-c2ncccn2)[nH]c1=O. The Kier molecular flexibility index (Phi) is 5.40. The molecule has 0 spiro atoms. The third kappa shape index (κ3) is 3.78. The summed E-state index contributed by atoms with van der Waals surface area (Å²) in [5, 5.41) is 9.02. The molecule has 0 fully saturated rings. The molecule has 9 nitrogen and oxygen atoms in total. The molecule has 3 aromatic rings. The van der Waals surface area contributed by atoms with E-state index in [1.165, 1.54) is 19.5 Å². The molecule has 2 N–H and O–H groups in total. The molecule has 0 radical (unpaired) electrons. The Morgan fingerprint density at radius 2 is 1.85 bits per heavy atom. The Morgan fingerprint density at radius 3 is 2.54 bits per heavy atom. The fourth-order valence-corrected chi connectivity index (χ4v) is 2.11. The van der Waals surface area contributed by atoms with E-state index < -0.39 is 5.56 Å². The number of aromatic amines is 1. The fraction of sp³-hybridized carbons (Fsp3) is 0.176. The van der Waals surface area contributed by atoms with Crippen molar-refractivity contribution in [2.45, 2.75) is 0 Å². The molecule has 0 aliphatic heterocycles. The second-order valence-corrected chi connectivity index (χ2v) is 4.95. The minimum absolute atomic E-state index is 0.0617. The number of aliphatic hydroxyl groups is 1. The van der Waals surface area contributed by atoms with Gasteiger partial charge < -0.3 is 24.3 Å². The summed E-state index contributed by atoms with van der Waals surface area (Å²) in [6, 6.07) is 8.48. The van der Waals surface area contributed by atoms with Gasteiger partial charge in [-0.3, -0.25) is 4.79 Å². The monoisotopic (exact) mass is 356 g/mol. The van der Waals surface area contributed by atoms with E-state index in [1.54, 1.807) is 30.3 Å². The molecule has 0 bridgehead atoms. The van der Waals surface area contributed by atoms with Crippen molar-refractivity contribution >= 4 is 0 Å². The molecule has 0 aliphatic carbocycles. The fourth-order valence-electron chi connectivity index (χ4n) is 2.11. The number of nitrogens with one attached hydrogen (secondary N) is 1. The lowest BCUT2D eigenvalue weighted by Crippen LogP contribution is -2.16. The number of benzene rings is 1. The minimum atomic E-state index is -0.582. The van der Waals surface area contributed by atoms with Crippen LogP contribution in [0.3, 0.4) is 0 Å². The zero-order valence-corrected chi connectivity index (χ0v) is 13.9. The Morgan fingerprint density at radius 1 is 1.12 bits per heavy atom. The van der Waals surface area contributed by atoms with Gasteiger partial charge in [-0.25, -0.2) is 9.97 Å². The minimum Gasteiger partial charge on any atom is -0.493 e. The van der Waals surface area contributed by atoms with E-state index in [4.69, 9.17) is 19.3 Å². The molecule has 2 aromatic heterocycles. The Bertz CT molecular complexity index is 930. The van der Waals surface area contributed by atoms with Gasteiger partial charge in [0.25, 0.3) is 17.2 Å². The number of para-hydroxylation sites is 2. The molecular weight excluding hydrogens is 340 g/mol. The van der Waals surface area contributed by atoms with Crippen molar-refractivity contribution in [1.82, 2.24) is 19.9 Å². The van der Waals surface area contributed by atoms with Gasteiger partial charge in [-0.05, 0) is 18.2 Å². The first kappa shape index (κ1) is 17.4. The quantitative estimate of drug-likeness (QED) is 0.652. The smallest absolute Gasteiger partial charge is 0.298 e. The Balaban J connectivity index is 2.05. The molecule has 134 valence electrons. The normalized spacial score (nSPS) is 10.4. The van der Waals surface area contributed by atoms with E-state index in [1.807, 2.05) is 0 Å². The van der Waals surface area contributed by atoms with Gasteiger partial charge in [-0.15, -0.1) is 0 Å². The van der Waals surface area contributed by atoms with E-state index in [9.17, 15) is 4.79 Å². The van der Waals surface area contributed by atoms with E-state index >= 15 is 0 Å². The van der Waals surface area contributed by atoms with Gasteiger partial charge >= 0.3 is 0 Å². The average molecular weight is 356 g/mol. The summed E-state index contributed by atoms with van der Waals surface area (Å²) in [6.45, 7) is -0.312. The van der Waals surface area contributed by atoms with Crippen LogP contribution in [0.15, 0.2) is 47.5 Å². The first-order chi connectivity index (χ1) is 12.7. The van der Waals surface area contributed by atoms with E-state index in [0.29, 0.717) is 11.5 Å². The van der Waals surface area contributed by atoms with Crippen molar-refractivity contribution in [3.63, 3.8) is 0 Å². The molecule has 0 atom stereocenters. The number of ether oxygens (including phenoxy) is 3. The number of hydrogen-bond donors (Lipinski definition) is 2. The van der Waals surface area contributed by atoms with Crippen molar-refractivity contribution in [2.75, 3.05) is 20.3 Å². The van der Waals surface area contributed by atoms with Crippen molar-refractivity contribution in [3.8, 4) is 34.8 Å². The van der Waals surface area contributed by atoms with Crippen LogP contribution in [0.2, 0.25) is 0 Å². The van der Waals surface area contributed by atoms with Gasteiger partial charge in [0.2, 0.25) is 0 Å². The van der Waals surface area contributed by atoms with E-state index in [0.717, 1.165) is 0 Å². The van der Waals surface area contributed by atoms with Gasteiger partial charge in [0, 0.05) is 12.4 Å². The van der Waals surface area contributed by atoms with Gasteiger partial charge in [0.05, 0.1) is 13.7 Å². The maximum absolute atomic E-state index is 12.5. The summed E-state index contributed by atoms with van der Waals surface area (Å²) in [5.41, 5.74) is -0.582. The molecular formula is C17H16N4O5. The van der Waals surface area contributed by atoms with Crippen LogP contribution in [-0.4, -0.2) is 45.4 Å². The van der Waals surface area contributed by atoms with Gasteiger partial charge in [0.1, 0.15) is 6.61 Å². The molecule has 9 heteroatoms. The van der Waals surface area contributed by atoms with Crippen molar-refractivity contribution in [2.24, 2.45) is 0 Å². The third-order valence-corrected chi connectivity index (χ3v) is 3.23. The summed E-state index contributed by atoms with van der Waals surface area (Å²) in [7, 11) is 1.49. The highest BCUT2D eigenvalue weighted by Crippen LogP contribution is 2.33. The van der Waals surface area contributed by atoms with Gasteiger partial charge in [0.15, 0.2) is 23.1 Å². The predicted molar refractivity (Wildman–Crippen MR) is 91.5 cm³/mol. The first-order valence-electron chi connectivity index (χ1n) is 7.69. The lowest BCUT2D eigenvalue weighted by Gasteiger charge is -2.13. The maximum atomic E-state index is 12.5. The molecule has 0 saturated heterocycles. The topological polar surface area (TPSA) is 119 Å². The summed E-state index contributed by atoms with van der Waals surface area (Å²) in [6.07, 6.45) is 3.05. The maximum Gasteiger partial charge on any atom is 0.298 e. The summed E-state index contributed by atoms with van der Waals surface area (Å²) in [5.74, 6) is 0.854. The van der Waals surface area contributed by atoms with E-state index in [-0.39, 0.29) is 36.5 Å². The zero-order valence-electron chi connectivity index (χ0n) is 13.9. The second kappa shape index (κ2) is 8.08. The Labute approximate surface area is 148 Å². The molecule has 3 rings (SSSR count). The third-order valence-electron chi connectivity index (χ3n) is 3.23. The van der Waals surface area contributed by atoms with Crippen LogP contribution in [0.5, 0.6) is 23.1 Å². The molecule has 0 unspecified atom stereocenters. The summed E-state index contributed by atoms with van der Waals surface area (Å²) in [4.78, 5) is 27.4. The molecule has 26 heavy (non-hydrogen) atoms. The first-order valence-corrected chi connectivity index (χ1v) is 7.69. The molecule has 0 saturated carbocycles. The van der Waals surface area contributed by atoms with Crippen LogP contribution in [0.1, 0.15) is 0 Å². The largest absolute Gasteiger partial charge is 0.493 e. The number of nitrogens with zero attached hydrogens (tertiary/aromatic N) is 3. The lowest BCUT2D eigenvalue weighted by atomic mass is 10.3. The molecule has 1 aromatic carbocycles. The van der Waals surface area contributed by atoms with Crippen molar-refractivity contribution < 1.29 is 19.3 Å². The zero-order chi connectivity index (χ0) is 18.4.